The van der Waals surface area contributed by atoms with Crippen LogP contribution in [0.5, 0.6) is 5.75 Å². The Morgan fingerprint density at radius 3 is 2.56 bits per heavy atom. The van der Waals surface area contributed by atoms with Gasteiger partial charge in [0.05, 0.1) is 11.5 Å². The molecular formula is C20H25N3O3S. The molecule has 0 amide bonds. The normalized spacial score (nSPS) is 18.8. The highest BCUT2D eigenvalue weighted by Crippen LogP contribution is 2.31. The van der Waals surface area contributed by atoms with Crippen LogP contribution in [0.4, 0.5) is 5.82 Å². The van der Waals surface area contributed by atoms with E-state index in [1.54, 1.807) is 12.1 Å². The Kier molecular flexibility index (Phi) is 4.82. The number of ether oxygens (including phenoxy) is 1. The molecule has 1 saturated heterocycles. The number of piperazine rings is 1. The van der Waals surface area contributed by atoms with Crippen molar-refractivity contribution in [3.8, 4) is 5.75 Å². The largest absolute Gasteiger partial charge is 0.493 e. The van der Waals surface area contributed by atoms with Crippen molar-refractivity contribution in [2.24, 2.45) is 0 Å². The number of fused-ring (bicyclic) bond motifs is 1. The minimum absolute atomic E-state index is 0.261. The van der Waals surface area contributed by atoms with E-state index in [0.717, 1.165) is 50.8 Å². The van der Waals surface area contributed by atoms with Gasteiger partial charge in [-0.1, -0.05) is 12.1 Å². The van der Waals surface area contributed by atoms with E-state index in [4.69, 9.17) is 4.74 Å². The first-order valence-corrected chi connectivity index (χ1v) is 11.2. The lowest BCUT2D eigenvalue weighted by atomic mass is 10.0. The standard InChI is InChI=1S/C20H25N3O3S/c1-15(17-4-3-16-7-12-26-19(16)13-17)22-8-10-23(11-9-22)20-6-5-18(14-21-20)27(2,24)25/h3-6,13-15H,7-12H2,1-2H3. The molecule has 0 radical (unpaired) electrons. The molecule has 3 heterocycles. The van der Waals surface area contributed by atoms with Crippen molar-refractivity contribution in [3.05, 3.63) is 47.7 Å². The number of hydrogen-bond donors (Lipinski definition) is 0. The van der Waals surface area contributed by atoms with Crippen LogP contribution in [0.15, 0.2) is 41.4 Å². The van der Waals surface area contributed by atoms with Gasteiger partial charge < -0.3 is 9.64 Å². The average Bonchev–Trinajstić information content (AvgIpc) is 3.15. The van der Waals surface area contributed by atoms with E-state index in [0.29, 0.717) is 6.04 Å². The molecular weight excluding hydrogens is 362 g/mol. The van der Waals surface area contributed by atoms with E-state index in [9.17, 15) is 8.42 Å². The third-order valence-electron chi connectivity index (χ3n) is 5.54. The summed E-state index contributed by atoms with van der Waals surface area (Å²) in [6.45, 7) is 6.65. The Morgan fingerprint density at radius 1 is 1.11 bits per heavy atom. The lowest BCUT2D eigenvalue weighted by molar-refractivity contribution is 0.198. The lowest BCUT2D eigenvalue weighted by Crippen LogP contribution is -2.47. The number of nitrogens with zero attached hydrogens (tertiary/aromatic N) is 3. The summed E-state index contributed by atoms with van der Waals surface area (Å²) < 4.78 is 28.9. The monoisotopic (exact) mass is 387 g/mol. The maximum absolute atomic E-state index is 11.6. The van der Waals surface area contributed by atoms with Gasteiger partial charge in [0.15, 0.2) is 9.84 Å². The van der Waals surface area contributed by atoms with Crippen LogP contribution in [-0.4, -0.2) is 57.3 Å². The maximum Gasteiger partial charge on any atom is 0.177 e. The quantitative estimate of drug-likeness (QED) is 0.802. The molecule has 2 aromatic rings. The van der Waals surface area contributed by atoms with Crippen LogP contribution >= 0.6 is 0 Å². The number of hydrogen-bond acceptors (Lipinski definition) is 6. The predicted octanol–water partition coefficient (Wildman–Crippen LogP) is 2.30. The van der Waals surface area contributed by atoms with Crippen molar-refractivity contribution < 1.29 is 13.2 Å². The molecule has 7 heteroatoms. The topological polar surface area (TPSA) is 62.7 Å². The molecule has 27 heavy (non-hydrogen) atoms. The number of aromatic nitrogens is 1. The zero-order chi connectivity index (χ0) is 19.0. The number of pyridine rings is 1. The van der Waals surface area contributed by atoms with Crippen molar-refractivity contribution >= 4 is 15.7 Å². The second-order valence-electron chi connectivity index (χ2n) is 7.29. The van der Waals surface area contributed by atoms with E-state index in [1.807, 2.05) is 0 Å². The Hall–Kier alpha value is -2.12. The highest BCUT2D eigenvalue weighted by Gasteiger charge is 2.24. The van der Waals surface area contributed by atoms with Gasteiger partial charge in [-0.05, 0) is 36.2 Å². The fraction of sp³-hybridized carbons (Fsp3) is 0.450. The van der Waals surface area contributed by atoms with E-state index in [1.165, 1.54) is 23.6 Å². The molecule has 0 spiro atoms. The van der Waals surface area contributed by atoms with Crippen molar-refractivity contribution in [2.45, 2.75) is 24.3 Å². The summed E-state index contributed by atoms with van der Waals surface area (Å²) in [5.74, 6) is 1.87. The summed E-state index contributed by atoms with van der Waals surface area (Å²) in [6.07, 6.45) is 3.66. The molecule has 1 aromatic carbocycles. The summed E-state index contributed by atoms with van der Waals surface area (Å²) in [5, 5.41) is 0. The highest BCUT2D eigenvalue weighted by atomic mass is 32.2. The van der Waals surface area contributed by atoms with Crippen molar-refractivity contribution in [2.75, 3.05) is 43.9 Å². The van der Waals surface area contributed by atoms with Gasteiger partial charge in [-0.2, -0.15) is 0 Å². The van der Waals surface area contributed by atoms with Gasteiger partial charge in [-0.3, -0.25) is 4.90 Å². The summed E-state index contributed by atoms with van der Waals surface area (Å²) >= 11 is 0. The van der Waals surface area contributed by atoms with E-state index in [-0.39, 0.29) is 4.90 Å². The van der Waals surface area contributed by atoms with Crippen LogP contribution in [0.2, 0.25) is 0 Å². The van der Waals surface area contributed by atoms with Crippen LogP contribution in [-0.2, 0) is 16.3 Å². The summed E-state index contributed by atoms with van der Waals surface area (Å²) in [5.41, 5.74) is 2.60. The fourth-order valence-electron chi connectivity index (χ4n) is 3.77. The maximum atomic E-state index is 11.6. The molecule has 144 valence electrons. The first-order chi connectivity index (χ1) is 12.9. The predicted molar refractivity (Wildman–Crippen MR) is 105 cm³/mol. The van der Waals surface area contributed by atoms with Gasteiger partial charge in [0.25, 0.3) is 0 Å². The Bertz CT molecular complexity index is 920. The third-order valence-corrected chi connectivity index (χ3v) is 6.64. The minimum Gasteiger partial charge on any atom is -0.493 e. The summed E-state index contributed by atoms with van der Waals surface area (Å²) in [6, 6.07) is 10.4. The van der Waals surface area contributed by atoms with Gasteiger partial charge >= 0.3 is 0 Å². The van der Waals surface area contributed by atoms with Gasteiger partial charge in [-0.15, -0.1) is 0 Å². The van der Waals surface area contributed by atoms with Crippen LogP contribution in [0.3, 0.4) is 0 Å². The zero-order valence-electron chi connectivity index (χ0n) is 15.8. The molecule has 1 fully saturated rings. The molecule has 0 saturated carbocycles. The van der Waals surface area contributed by atoms with E-state index < -0.39 is 9.84 Å². The molecule has 2 aliphatic rings. The van der Waals surface area contributed by atoms with Crippen LogP contribution in [0.25, 0.3) is 0 Å². The first kappa shape index (κ1) is 18.3. The fourth-order valence-corrected chi connectivity index (χ4v) is 4.33. The third kappa shape index (κ3) is 3.80. The zero-order valence-corrected chi connectivity index (χ0v) is 16.6. The molecule has 0 N–H and O–H groups in total. The number of rotatable bonds is 4. The molecule has 6 nitrogen and oxygen atoms in total. The second-order valence-corrected chi connectivity index (χ2v) is 9.30. The SMILES string of the molecule is CC(c1ccc2c(c1)OCC2)N1CCN(c2ccc(S(C)(=O)=O)cn2)CC1. The molecule has 4 rings (SSSR count). The lowest BCUT2D eigenvalue weighted by Gasteiger charge is -2.38. The number of benzene rings is 1. The number of sulfone groups is 1. The molecule has 2 aliphatic heterocycles. The van der Waals surface area contributed by atoms with Crippen LogP contribution in [0, 0.1) is 0 Å². The van der Waals surface area contributed by atoms with E-state index in [2.05, 4.69) is 39.9 Å². The molecule has 1 atom stereocenters. The van der Waals surface area contributed by atoms with Crippen LogP contribution < -0.4 is 9.64 Å². The smallest absolute Gasteiger partial charge is 0.177 e. The van der Waals surface area contributed by atoms with Gasteiger partial charge in [0.2, 0.25) is 0 Å². The Labute approximate surface area is 160 Å². The van der Waals surface area contributed by atoms with Crippen molar-refractivity contribution in [3.63, 3.8) is 0 Å². The van der Waals surface area contributed by atoms with Gasteiger partial charge in [-0.25, -0.2) is 13.4 Å². The van der Waals surface area contributed by atoms with Gasteiger partial charge in [0.1, 0.15) is 11.6 Å². The Balaban J connectivity index is 1.40. The van der Waals surface area contributed by atoms with Crippen molar-refractivity contribution in [1.82, 2.24) is 9.88 Å². The average molecular weight is 388 g/mol. The van der Waals surface area contributed by atoms with E-state index >= 15 is 0 Å². The molecule has 1 unspecified atom stereocenters. The minimum atomic E-state index is -3.20. The second kappa shape index (κ2) is 7.13. The highest BCUT2D eigenvalue weighted by molar-refractivity contribution is 7.90. The summed E-state index contributed by atoms with van der Waals surface area (Å²) in [7, 11) is -3.20. The number of anilines is 1. The van der Waals surface area contributed by atoms with Gasteiger partial charge in [0, 0.05) is 51.1 Å². The first-order valence-electron chi connectivity index (χ1n) is 9.32. The molecule has 0 bridgehead atoms. The van der Waals surface area contributed by atoms with Crippen molar-refractivity contribution in [1.29, 1.82) is 0 Å². The Morgan fingerprint density at radius 2 is 1.89 bits per heavy atom. The molecule has 0 aliphatic carbocycles. The molecule has 1 aromatic heterocycles. The summed E-state index contributed by atoms with van der Waals surface area (Å²) in [4.78, 5) is 9.29. The van der Waals surface area contributed by atoms with Crippen LogP contribution in [0.1, 0.15) is 24.1 Å².